The van der Waals surface area contributed by atoms with Crippen molar-refractivity contribution in [3.63, 3.8) is 0 Å². The lowest BCUT2D eigenvalue weighted by Crippen LogP contribution is -2.46. The van der Waals surface area contributed by atoms with Gasteiger partial charge >= 0.3 is 6.09 Å². The Kier molecular flexibility index (Phi) is 4.78. The molecule has 1 aliphatic heterocycles. The number of benzene rings is 1. The van der Waals surface area contributed by atoms with E-state index in [4.69, 9.17) is 4.74 Å². The van der Waals surface area contributed by atoms with Gasteiger partial charge in [0.15, 0.2) is 9.84 Å². The second-order valence-electron chi connectivity index (χ2n) is 8.58. The zero-order valence-electron chi connectivity index (χ0n) is 16.8. The fourth-order valence-electron chi connectivity index (χ4n) is 3.71. The van der Waals surface area contributed by atoms with Gasteiger partial charge in [-0.15, -0.1) is 0 Å². The largest absolute Gasteiger partial charge is 0.444 e. The second kappa shape index (κ2) is 6.55. The molecule has 27 heavy (non-hydrogen) atoms. The molecule has 0 N–H and O–H groups in total. The van der Waals surface area contributed by atoms with Crippen molar-refractivity contribution in [1.29, 1.82) is 0 Å². The van der Waals surface area contributed by atoms with E-state index in [1.165, 1.54) is 6.26 Å². The van der Waals surface area contributed by atoms with E-state index in [-0.39, 0.29) is 18.1 Å². The van der Waals surface area contributed by atoms with Crippen LogP contribution in [0.2, 0.25) is 0 Å². The van der Waals surface area contributed by atoms with Crippen molar-refractivity contribution >= 4 is 26.8 Å². The number of rotatable bonds is 2. The van der Waals surface area contributed by atoms with Gasteiger partial charge in [-0.05, 0) is 44.9 Å². The lowest BCUT2D eigenvalue weighted by molar-refractivity contribution is 0.00484. The third-order valence-corrected chi connectivity index (χ3v) is 5.91. The third kappa shape index (κ3) is 3.83. The Morgan fingerprint density at radius 3 is 2.41 bits per heavy atom. The maximum Gasteiger partial charge on any atom is 0.410 e. The van der Waals surface area contributed by atoms with E-state index in [0.29, 0.717) is 18.0 Å². The summed E-state index contributed by atoms with van der Waals surface area (Å²) in [6.07, 6.45) is 0.907. The number of carbonyl (C=O) groups excluding carboxylic acids is 1. The van der Waals surface area contributed by atoms with E-state index in [9.17, 15) is 13.2 Å². The summed E-state index contributed by atoms with van der Waals surface area (Å²) in [5.41, 5.74) is 1.36. The fraction of sp³-hybridized carbons (Fsp3) is 0.550. The SMILES string of the molecule is CC(C)C1c2cc3ccc(S(C)(=O)=O)cc3n2CCN1C(=O)OC(C)(C)C. The van der Waals surface area contributed by atoms with Crippen LogP contribution in [0.1, 0.15) is 46.4 Å². The molecule has 1 aromatic heterocycles. The van der Waals surface area contributed by atoms with Crippen molar-refractivity contribution in [2.75, 3.05) is 12.8 Å². The number of carbonyl (C=O) groups is 1. The minimum atomic E-state index is -3.27. The second-order valence-corrected chi connectivity index (χ2v) is 10.6. The summed E-state index contributed by atoms with van der Waals surface area (Å²) in [4.78, 5) is 14.9. The minimum absolute atomic E-state index is 0.123. The Bertz CT molecular complexity index is 983. The molecule has 0 fully saturated rings. The summed E-state index contributed by atoms with van der Waals surface area (Å²) in [5, 5.41) is 0.981. The van der Waals surface area contributed by atoms with Gasteiger partial charge in [0, 0.05) is 35.9 Å². The molecule has 1 aliphatic rings. The predicted octanol–water partition coefficient (Wildman–Crippen LogP) is 3.99. The van der Waals surface area contributed by atoms with Gasteiger partial charge in [0.2, 0.25) is 0 Å². The molecule has 6 nitrogen and oxygen atoms in total. The summed E-state index contributed by atoms with van der Waals surface area (Å²) >= 11 is 0. The highest BCUT2D eigenvalue weighted by atomic mass is 32.2. The molecule has 1 atom stereocenters. The van der Waals surface area contributed by atoms with Gasteiger partial charge in [0.1, 0.15) is 5.60 Å². The van der Waals surface area contributed by atoms with Gasteiger partial charge in [0.25, 0.3) is 0 Å². The first-order valence-corrected chi connectivity index (χ1v) is 11.1. The molecule has 0 bridgehead atoms. The van der Waals surface area contributed by atoms with Crippen LogP contribution < -0.4 is 0 Å². The van der Waals surface area contributed by atoms with E-state index in [1.807, 2.05) is 26.8 Å². The topological polar surface area (TPSA) is 68.6 Å². The molecule has 0 spiro atoms. The summed E-state index contributed by atoms with van der Waals surface area (Å²) in [6, 6.07) is 7.14. The Hall–Kier alpha value is -2.02. The third-order valence-electron chi connectivity index (χ3n) is 4.80. The number of aromatic nitrogens is 1. The maximum absolute atomic E-state index is 12.8. The molecule has 2 aromatic rings. The smallest absolute Gasteiger partial charge is 0.410 e. The van der Waals surface area contributed by atoms with Crippen molar-refractivity contribution in [1.82, 2.24) is 9.47 Å². The van der Waals surface area contributed by atoms with Crippen molar-refractivity contribution in [3.05, 3.63) is 30.0 Å². The summed E-state index contributed by atoms with van der Waals surface area (Å²) in [5.74, 6) is 0.190. The molecule has 0 aliphatic carbocycles. The highest BCUT2D eigenvalue weighted by Gasteiger charge is 2.36. The molecular formula is C20H28N2O4S. The Morgan fingerprint density at radius 2 is 1.85 bits per heavy atom. The number of ether oxygens (including phenoxy) is 1. The van der Waals surface area contributed by atoms with E-state index in [1.54, 1.807) is 17.0 Å². The number of fused-ring (bicyclic) bond motifs is 3. The average Bonchev–Trinajstić information content (AvgIpc) is 2.88. The number of hydrogen-bond acceptors (Lipinski definition) is 4. The maximum atomic E-state index is 12.8. The minimum Gasteiger partial charge on any atom is -0.444 e. The molecule has 7 heteroatoms. The van der Waals surface area contributed by atoms with Crippen molar-refractivity contribution in [2.24, 2.45) is 5.92 Å². The number of nitrogens with zero attached hydrogens (tertiary/aromatic N) is 2. The van der Waals surface area contributed by atoms with Gasteiger partial charge in [-0.3, -0.25) is 4.90 Å². The molecule has 0 radical (unpaired) electrons. The zero-order chi connectivity index (χ0) is 20.1. The Labute approximate surface area is 161 Å². The van der Waals surface area contributed by atoms with Gasteiger partial charge in [-0.25, -0.2) is 13.2 Å². The van der Waals surface area contributed by atoms with Crippen LogP contribution in [0.25, 0.3) is 10.9 Å². The van der Waals surface area contributed by atoms with Crippen LogP contribution in [-0.4, -0.2) is 42.4 Å². The molecular weight excluding hydrogens is 364 g/mol. The molecule has 148 valence electrons. The fourth-order valence-corrected chi connectivity index (χ4v) is 4.36. The van der Waals surface area contributed by atoms with Gasteiger partial charge < -0.3 is 9.30 Å². The summed E-state index contributed by atoms with van der Waals surface area (Å²) in [6.45, 7) is 10.9. The van der Waals surface area contributed by atoms with Crippen LogP contribution in [0.15, 0.2) is 29.2 Å². The van der Waals surface area contributed by atoms with E-state index in [2.05, 4.69) is 24.5 Å². The monoisotopic (exact) mass is 392 g/mol. The molecule has 3 rings (SSSR count). The van der Waals surface area contributed by atoms with Crippen molar-refractivity contribution in [3.8, 4) is 0 Å². The first kappa shape index (κ1) is 19.7. The normalized spacial score (nSPS) is 18.0. The van der Waals surface area contributed by atoms with Crippen LogP contribution in [0.3, 0.4) is 0 Å². The lowest BCUT2D eigenvalue weighted by Gasteiger charge is -2.40. The highest BCUT2D eigenvalue weighted by molar-refractivity contribution is 7.90. The van der Waals surface area contributed by atoms with Gasteiger partial charge in [-0.2, -0.15) is 0 Å². The van der Waals surface area contributed by atoms with Crippen LogP contribution >= 0.6 is 0 Å². The Morgan fingerprint density at radius 1 is 1.19 bits per heavy atom. The van der Waals surface area contributed by atoms with Gasteiger partial charge in [-0.1, -0.05) is 19.9 Å². The standard InChI is InChI=1S/C20H28N2O4S/c1-13(2)18-17-11-14-7-8-15(27(6,24)25)12-16(14)21(17)9-10-22(18)19(23)26-20(3,4)5/h7-8,11-13,18H,9-10H2,1-6H3. The first-order valence-electron chi connectivity index (χ1n) is 9.21. The van der Waals surface area contributed by atoms with Crippen LogP contribution in [0, 0.1) is 5.92 Å². The molecule has 1 amide bonds. The van der Waals surface area contributed by atoms with Crippen molar-refractivity contribution in [2.45, 2.75) is 57.7 Å². The number of hydrogen-bond donors (Lipinski definition) is 0. The van der Waals surface area contributed by atoms with Crippen LogP contribution in [0.4, 0.5) is 4.79 Å². The molecule has 0 saturated carbocycles. The highest BCUT2D eigenvalue weighted by Crippen LogP contribution is 2.37. The van der Waals surface area contributed by atoms with E-state index < -0.39 is 15.4 Å². The molecule has 0 saturated heterocycles. The zero-order valence-corrected chi connectivity index (χ0v) is 17.6. The first-order chi connectivity index (χ1) is 12.4. The predicted molar refractivity (Wildman–Crippen MR) is 106 cm³/mol. The number of sulfone groups is 1. The number of amides is 1. The summed E-state index contributed by atoms with van der Waals surface area (Å²) < 4.78 is 31.6. The van der Waals surface area contributed by atoms with Crippen LogP contribution in [-0.2, 0) is 21.1 Å². The van der Waals surface area contributed by atoms with E-state index >= 15 is 0 Å². The van der Waals surface area contributed by atoms with E-state index in [0.717, 1.165) is 16.6 Å². The van der Waals surface area contributed by atoms with Gasteiger partial charge in [0.05, 0.1) is 10.9 Å². The average molecular weight is 393 g/mol. The quantitative estimate of drug-likeness (QED) is 0.775. The Balaban J connectivity index is 2.08. The molecule has 2 heterocycles. The van der Waals surface area contributed by atoms with Crippen LogP contribution in [0.5, 0.6) is 0 Å². The molecule has 1 aromatic carbocycles. The molecule has 1 unspecified atom stereocenters. The lowest BCUT2D eigenvalue weighted by atomic mass is 9.97. The summed E-state index contributed by atoms with van der Waals surface area (Å²) in [7, 11) is -3.27. The van der Waals surface area contributed by atoms with Crippen molar-refractivity contribution < 1.29 is 17.9 Å².